The predicted molar refractivity (Wildman–Crippen MR) is 62.8 cm³/mol. The third-order valence-corrected chi connectivity index (χ3v) is 4.34. The second-order valence-corrected chi connectivity index (χ2v) is 5.35. The smallest absolute Gasteiger partial charge is 0.127 e. The molecule has 0 atom stereocenters. The van der Waals surface area contributed by atoms with Crippen LogP contribution in [0.2, 0.25) is 0 Å². The molecule has 1 aromatic rings. The zero-order chi connectivity index (χ0) is 11.5. The second-order valence-electron chi connectivity index (χ2n) is 5.35. The summed E-state index contributed by atoms with van der Waals surface area (Å²) in [6.07, 6.45) is 4.09. The molecule has 0 aromatic heterocycles. The first-order valence-corrected chi connectivity index (χ1v) is 6.40. The van der Waals surface area contributed by atoms with Crippen LogP contribution in [0.3, 0.4) is 0 Å². The van der Waals surface area contributed by atoms with Crippen molar-refractivity contribution >= 4 is 0 Å². The Labute approximate surface area is 100 Å². The summed E-state index contributed by atoms with van der Waals surface area (Å²) in [5.41, 5.74) is 3.80. The molecule has 0 bridgehead atoms. The van der Waals surface area contributed by atoms with Crippen LogP contribution in [0.4, 0.5) is 0 Å². The highest BCUT2D eigenvalue weighted by molar-refractivity contribution is 5.61. The lowest BCUT2D eigenvalue weighted by Gasteiger charge is -2.19. The summed E-state index contributed by atoms with van der Waals surface area (Å²) in [6.45, 7) is 1.78. The van der Waals surface area contributed by atoms with Gasteiger partial charge in [0.25, 0.3) is 0 Å². The lowest BCUT2D eigenvalue weighted by molar-refractivity contribution is 0.250. The normalized spacial score (nSPS) is 22.6. The van der Waals surface area contributed by atoms with E-state index in [0.29, 0.717) is 0 Å². The second kappa shape index (κ2) is 3.16. The highest BCUT2D eigenvalue weighted by atomic mass is 16.5. The number of hydrogen-bond acceptors (Lipinski definition) is 3. The molecule has 4 rings (SSSR count). The minimum Gasteiger partial charge on any atom is -0.493 e. The van der Waals surface area contributed by atoms with E-state index in [4.69, 9.17) is 9.47 Å². The Bertz CT molecular complexity index is 456. The van der Waals surface area contributed by atoms with Crippen molar-refractivity contribution in [1.29, 1.82) is 0 Å². The van der Waals surface area contributed by atoms with E-state index in [-0.39, 0.29) is 12.0 Å². The molecule has 3 nitrogen and oxygen atoms in total. The summed E-state index contributed by atoms with van der Waals surface area (Å²) in [4.78, 5) is 0. The molecule has 0 amide bonds. The van der Waals surface area contributed by atoms with Gasteiger partial charge in [-0.25, -0.2) is 0 Å². The van der Waals surface area contributed by atoms with Crippen molar-refractivity contribution < 1.29 is 14.6 Å². The van der Waals surface area contributed by atoms with Crippen LogP contribution in [0.15, 0.2) is 6.07 Å². The molecule has 90 valence electrons. The van der Waals surface area contributed by atoms with Crippen LogP contribution >= 0.6 is 0 Å². The Morgan fingerprint density at radius 1 is 1.18 bits per heavy atom. The van der Waals surface area contributed by atoms with E-state index in [1.54, 1.807) is 0 Å². The molecule has 1 aromatic carbocycles. The number of aliphatic hydroxyl groups excluding tert-OH is 1. The lowest BCUT2D eigenvalue weighted by Crippen LogP contribution is -2.15. The van der Waals surface area contributed by atoms with Gasteiger partial charge >= 0.3 is 0 Å². The SMILES string of the molecule is OCC1(c2c3c(cc4c2OCC4)OCC3)CC1. The Morgan fingerprint density at radius 2 is 2.00 bits per heavy atom. The molecular formula is C14H16O3. The topological polar surface area (TPSA) is 38.7 Å². The number of rotatable bonds is 2. The maximum absolute atomic E-state index is 9.68. The van der Waals surface area contributed by atoms with E-state index in [0.717, 1.165) is 50.4 Å². The van der Waals surface area contributed by atoms with Gasteiger partial charge in [-0.05, 0) is 18.9 Å². The molecule has 0 spiro atoms. The first-order chi connectivity index (χ1) is 8.34. The Morgan fingerprint density at radius 3 is 2.76 bits per heavy atom. The van der Waals surface area contributed by atoms with Crippen LogP contribution in [0, 0.1) is 0 Å². The quantitative estimate of drug-likeness (QED) is 0.841. The summed E-state index contributed by atoms with van der Waals surface area (Å²) in [6, 6.07) is 2.14. The van der Waals surface area contributed by atoms with Gasteiger partial charge in [0.2, 0.25) is 0 Å². The van der Waals surface area contributed by atoms with Crippen molar-refractivity contribution in [3.8, 4) is 11.5 Å². The zero-order valence-corrected chi connectivity index (χ0v) is 9.79. The molecule has 2 heterocycles. The minimum atomic E-state index is -0.0204. The summed E-state index contributed by atoms with van der Waals surface area (Å²) < 4.78 is 11.5. The van der Waals surface area contributed by atoms with Crippen LogP contribution in [0.25, 0.3) is 0 Å². The van der Waals surface area contributed by atoms with Crippen molar-refractivity contribution in [2.24, 2.45) is 0 Å². The van der Waals surface area contributed by atoms with E-state index >= 15 is 0 Å². The molecule has 17 heavy (non-hydrogen) atoms. The van der Waals surface area contributed by atoms with E-state index in [1.165, 1.54) is 16.7 Å². The van der Waals surface area contributed by atoms with Gasteiger partial charge in [0.15, 0.2) is 0 Å². The van der Waals surface area contributed by atoms with Crippen molar-refractivity contribution in [2.45, 2.75) is 31.1 Å². The average molecular weight is 232 g/mol. The highest BCUT2D eigenvalue weighted by Crippen LogP contribution is 2.56. The van der Waals surface area contributed by atoms with Crippen LogP contribution < -0.4 is 9.47 Å². The molecule has 0 unspecified atom stereocenters. The van der Waals surface area contributed by atoms with Crippen LogP contribution in [0.1, 0.15) is 29.5 Å². The zero-order valence-electron chi connectivity index (χ0n) is 9.79. The lowest BCUT2D eigenvalue weighted by atomic mass is 9.88. The molecular weight excluding hydrogens is 216 g/mol. The standard InChI is InChI=1S/C14H16O3/c15-8-14(3-4-14)12-10-2-6-16-11(10)7-9-1-5-17-13(9)12/h7,15H,1-6,8H2. The number of aliphatic hydroxyl groups is 1. The van der Waals surface area contributed by atoms with Crippen molar-refractivity contribution in [2.75, 3.05) is 19.8 Å². The van der Waals surface area contributed by atoms with E-state index in [1.807, 2.05) is 0 Å². The van der Waals surface area contributed by atoms with Crippen LogP contribution in [0.5, 0.6) is 11.5 Å². The fourth-order valence-electron chi connectivity index (χ4n) is 3.18. The van der Waals surface area contributed by atoms with Crippen molar-refractivity contribution in [3.05, 3.63) is 22.8 Å². The molecule has 2 aliphatic heterocycles. The average Bonchev–Trinajstić information content (AvgIpc) is 2.77. The van der Waals surface area contributed by atoms with E-state index in [2.05, 4.69) is 6.07 Å². The maximum atomic E-state index is 9.68. The minimum absolute atomic E-state index is 0.0204. The molecule has 1 fully saturated rings. The number of hydrogen-bond donors (Lipinski definition) is 1. The number of ether oxygens (including phenoxy) is 2. The molecule has 1 saturated carbocycles. The van der Waals surface area contributed by atoms with Gasteiger partial charge in [-0.1, -0.05) is 0 Å². The largest absolute Gasteiger partial charge is 0.493 e. The maximum Gasteiger partial charge on any atom is 0.127 e. The molecule has 0 radical (unpaired) electrons. The van der Waals surface area contributed by atoms with Gasteiger partial charge in [-0.3, -0.25) is 0 Å². The van der Waals surface area contributed by atoms with Gasteiger partial charge in [-0.2, -0.15) is 0 Å². The monoisotopic (exact) mass is 232 g/mol. The number of fused-ring (bicyclic) bond motifs is 2. The summed E-state index contributed by atoms with van der Waals surface area (Å²) in [5.74, 6) is 2.09. The van der Waals surface area contributed by atoms with Gasteiger partial charge in [0.1, 0.15) is 11.5 Å². The van der Waals surface area contributed by atoms with Crippen LogP contribution in [-0.2, 0) is 18.3 Å². The Balaban J connectivity index is 1.97. The Kier molecular flexibility index (Phi) is 1.82. The van der Waals surface area contributed by atoms with Crippen molar-refractivity contribution in [1.82, 2.24) is 0 Å². The van der Waals surface area contributed by atoms with Crippen molar-refractivity contribution in [3.63, 3.8) is 0 Å². The third kappa shape index (κ3) is 1.20. The first-order valence-electron chi connectivity index (χ1n) is 6.40. The predicted octanol–water partition coefficient (Wildman–Crippen LogP) is 1.58. The fourth-order valence-corrected chi connectivity index (χ4v) is 3.18. The summed E-state index contributed by atoms with van der Waals surface area (Å²) in [7, 11) is 0. The molecule has 3 aliphatic rings. The molecule has 1 N–H and O–H groups in total. The highest BCUT2D eigenvalue weighted by Gasteiger charge is 2.49. The van der Waals surface area contributed by atoms with Crippen LogP contribution in [-0.4, -0.2) is 24.9 Å². The Hall–Kier alpha value is -1.22. The molecule has 1 aliphatic carbocycles. The van der Waals surface area contributed by atoms with Gasteiger partial charge in [0.05, 0.1) is 19.8 Å². The van der Waals surface area contributed by atoms with E-state index < -0.39 is 0 Å². The summed E-state index contributed by atoms with van der Waals surface area (Å²) in [5, 5.41) is 9.68. The third-order valence-electron chi connectivity index (χ3n) is 4.34. The van der Waals surface area contributed by atoms with E-state index in [9.17, 15) is 5.11 Å². The fraction of sp³-hybridized carbons (Fsp3) is 0.571. The first kappa shape index (κ1) is 9.77. The van der Waals surface area contributed by atoms with Gasteiger partial charge < -0.3 is 14.6 Å². The van der Waals surface area contributed by atoms with Gasteiger partial charge in [-0.15, -0.1) is 0 Å². The molecule has 3 heteroatoms. The van der Waals surface area contributed by atoms with Gasteiger partial charge in [0, 0.05) is 34.9 Å². The molecule has 0 saturated heterocycles. The summed E-state index contributed by atoms with van der Waals surface area (Å²) >= 11 is 0. The number of benzene rings is 1.